The highest BCUT2D eigenvalue weighted by Gasteiger charge is 2.34. The van der Waals surface area contributed by atoms with Gasteiger partial charge in [0.25, 0.3) is 0 Å². The molecule has 1 aliphatic rings. The first-order valence-electron chi connectivity index (χ1n) is 7.09. The molecule has 0 amide bonds. The van der Waals surface area contributed by atoms with E-state index in [-0.39, 0.29) is 24.8 Å². The van der Waals surface area contributed by atoms with Crippen LogP contribution in [0.4, 0.5) is 13.2 Å². The minimum absolute atomic E-state index is 0.0365. The van der Waals surface area contributed by atoms with E-state index in [1.807, 2.05) is 0 Å². The molecule has 1 fully saturated rings. The van der Waals surface area contributed by atoms with E-state index < -0.39 is 17.7 Å². The van der Waals surface area contributed by atoms with Gasteiger partial charge >= 0.3 is 12.1 Å². The Kier molecular flexibility index (Phi) is 5.28. The van der Waals surface area contributed by atoms with Crippen molar-refractivity contribution in [2.75, 3.05) is 26.2 Å². The number of likely N-dealkylation sites (tertiary alicyclic amines) is 1. The maximum atomic E-state index is 12.9. The van der Waals surface area contributed by atoms with E-state index in [1.165, 1.54) is 18.2 Å². The lowest BCUT2D eigenvalue weighted by Crippen LogP contribution is -2.40. The largest absolute Gasteiger partial charge is 0.493 e. The van der Waals surface area contributed by atoms with Crippen LogP contribution in [-0.2, 0) is 11.0 Å². The maximum absolute atomic E-state index is 12.9. The molecule has 0 aliphatic carbocycles. The van der Waals surface area contributed by atoms with Crippen LogP contribution in [0.2, 0.25) is 0 Å². The third-order valence-corrected chi connectivity index (χ3v) is 3.63. The average Bonchev–Trinajstić information content (AvgIpc) is 2.44. The number of hydrogen-bond acceptors (Lipinski definition) is 3. The van der Waals surface area contributed by atoms with Gasteiger partial charge in [-0.05, 0) is 31.5 Å². The first-order chi connectivity index (χ1) is 10.4. The third-order valence-electron chi connectivity index (χ3n) is 3.63. The Morgan fingerprint density at radius 2 is 2.09 bits per heavy atom. The lowest BCUT2D eigenvalue weighted by atomic mass is 9.99. The van der Waals surface area contributed by atoms with Gasteiger partial charge in [-0.1, -0.05) is 12.1 Å². The van der Waals surface area contributed by atoms with E-state index in [0.717, 1.165) is 18.9 Å². The summed E-state index contributed by atoms with van der Waals surface area (Å²) in [6.07, 6.45) is -2.80. The van der Waals surface area contributed by atoms with Crippen molar-refractivity contribution >= 4 is 5.97 Å². The Bertz CT molecular complexity index is 519. The number of hydrogen-bond donors (Lipinski definition) is 1. The quantitative estimate of drug-likeness (QED) is 0.907. The molecule has 7 heteroatoms. The molecule has 0 radical (unpaired) electrons. The van der Waals surface area contributed by atoms with Crippen molar-refractivity contribution in [3.63, 3.8) is 0 Å². The summed E-state index contributed by atoms with van der Waals surface area (Å²) in [5.74, 6) is -1.04. The van der Waals surface area contributed by atoms with Crippen molar-refractivity contribution in [3.8, 4) is 5.75 Å². The first-order valence-corrected chi connectivity index (χ1v) is 7.09. The van der Waals surface area contributed by atoms with Crippen molar-refractivity contribution in [1.29, 1.82) is 0 Å². The van der Waals surface area contributed by atoms with Crippen molar-refractivity contribution in [2.24, 2.45) is 5.92 Å². The first kappa shape index (κ1) is 16.6. The van der Waals surface area contributed by atoms with Crippen LogP contribution in [0.15, 0.2) is 24.3 Å². The molecule has 122 valence electrons. The second kappa shape index (κ2) is 7.00. The predicted octanol–water partition coefficient (Wildman–Crippen LogP) is 2.88. The van der Waals surface area contributed by atoms with E-state index in [0.29, 0.717) is 13.1 Å². The number of halogens is 3. The van der Waals surface area contributed by atoms with Crippen LogP contribution in [0.1, 0.15) is 18.4 Å². The van der Waals surface area contributed by atoms with Gasteiger partial charge in [0.1, 0.15) is 5.75 Å². The van der Waals surface area contributed by atoms with Crippen molar-refractivity contribution < 1.29 is 27.8 Å². The Morgan fingerprint density at radius 3 is 2.77 bits per heavy atom. The summed E-state index contributed by atoms with van der Waals surface area (Å²) >= 11 is 0. The van der Waals surface area contributed by atoms with Gasteiger partial charge in [0.2, 0.25) is 0 Å². The maximum Gasteiger partial charge on any atom is 0.419 e. The van der Waals surface area contributed by atoms with Crippen molar-refractivity contribution in [1.82, 2.24) is 4.90 Å². The number of carboxylic acid groups (broad SMARTS) is 1. The standard InChI is InChI=1S/C15H18F3NO3/c16-15(17,18)12-5-1-2-6-13(12)22-10-11-4-3-7-19(8-11)9-14(20)21/h1-2,5-6,11H,3-4,7-10H2,(H,20,21)/t11-/m1/s1. The van der Waals surface area contributed by atoms with Crippen LogP contribution >= 0.6 is 0 Å². The lowest BCUT2D eigenvalue weighted by molar-refractivity contribution is -0.140. The van der Waals surface area contributed by atoms with Crippen LogP contribution in [-0.4, -0.2) is 42.2 Å². The number of ether oxygens (including phenoxy) is 1. The molecule has 1 aromatic carbocycles. The monoisotopic (exact) mass is 317 g/mol. The number of carboxylic acids is 1. The highest BCUT2D eigenvalue weighted by molar-refractivity contribution is 5.69. The molecule has 4 nitrogen and oxygen atoms in total. The molecule has 1 N–H and O–H groups in total. The fraction of sp³-hybridized carbons (Fsp3) is 0.533. The van der Waals surface area contributed by atoms with Gasteiger partial charge in [-0.3, -0.25) is 9.69 Å². The smallest absolute Gasteiger partial charge is 0.419 e. The molecule has 0 aromatic heterocycles. The molecule has 0 unspecified atom stereocenters. The van der Waals surface area contributed by atoms with Gasteiger partial charge in [0.15, 0.2) is 0 Å². The molecule has 1 atom stereocenters. The van der Waals surface area contributed by atoms with Crippen LogP contribution in [0, 0.1) is 5.92 Å². The minimum atomic E-state index is -4.45. The summed E-state index contributed by atoms with van der Waals surface area (Å²) < 4.78 is 44.0. The van der Waals surface area contributed by atoms with E-state index in [1.54, 1.807) is 4.90 Å². The zero-order chi connectivity index (χ0) is 16.2. The summed E-state index contributed by atoms with van der Waals surface area (Å²) in [6, 6.07) is 5.13. The highest BCUT2D eigenvalue weighted by Crippen LogP contribution is 2.36. The number of aliphatic carboxylic acids is 1. The SMILES string of the molecule is O=C(O)CN1CCC[C@@H](COc2ccccc2C(F)(F)F)C1. The second-order valence-corrected chi connectivity index (χ2v) is 5.44. The third kappa shape index (κ3) is 4.62. The fourth-order valence-corrected chi connectivity index (χ4v) is 2.66. The van der Waals surface area contributed by atoms with E-state index in [9.17, 15) is 18.0 Å². The molecular weight excluding hydrogens is 299 g/mol. The Labute approximate surface area is 126 Å². The molecule has 0 bridgehead atoms. The fourth-order valence-electron chi connectivity index (χ4n) is 2.66. The van der Waals surface area contributed by atoms with Crippen LogP contribution < -0.4 is 4.74 Å². The minimum Gasteiger partial charge on any atom is -0.493 e. The lowest BCUT2D eigenvalue weighted by Gasteiger charge is -2.31. The average molecular weight is 317 g/mol. The highest BCUT2D eigenvalue weighted by atomic mass is 19.4. The molecule has 2 rings (SSSR count). The van der Waals surface area contributed by atoms with E-state index in [2.05, 4.69) is 0 Å². The molecule has 1 aliphatic heterocycles. The zero-order valence-electron chi connectivity index (χ0n) is 12.0. The summed E-state index contributed by atoms with van der Waals surface area (Å²) in [5, 5.41) is 8.79. The number of nitrogens with zero attached hydrogens (tertiary/aromatic N) is 1. The van der Waals surface area contributed by atoms with E-state index in [4.69, 9.17) is 9.84 Å². The van der Waals surface area contributed by atoms with Crippen molar-refractivity contribution in [3.05, 3.63) is 29.8 Å². The summed E-state index contributed by atoms with van der Waals surface area (Å²) in [7, 11) is 0. The molecular formula is C15H18F3NO3. The van der Waals surface area contributed by atoms with Gasteiger partial charge in [-0.2, -0.15) is 13.2 Å². The normalized spacial score (nSPS) is 19.9. The van der Waals surface area contributed by atoms with Crippen LogP contribution in [0.3, 0.4) is 0 Å². The molecule has 1 heterocycles. The number of piperidine rings is 1. The number of rotatable bonds is 5. The van der Waals surface area contributed by atoms with Crippen LogP contribution in [0.5, 0.6) is 5.75 Å². The number of para-hydroxylation sites is 1. The Hall–Kier alpha value is -1.76. The Balaban J connectivity index is 1.94. The number of benzene rings is 1. The zero-order valence-corrected chi connectivity index (χ0v) is 12.0. The van der Waals surface area contributed by atoms with Gasteiger partial charge in [0, 0.05) is 12.5 Å². The molecule has 1 aromatic rings. The van der Waals surface area contributed by atoms with Crippen molar-refractivity contribution in [2.45, 2.75) is 19.0 Å². The Morgan fingerprint density at radius 1 is 1.36 bits per heavy atom. The summed E-state index contributed by atoms with van der Waals surface area (Å²) in [4.78, 5) is 12.5. The predicted molar refractivity (Wildman–Crippen MR) is 73.7 cm³/mol. The topological polar surface area (TPSA) is 49.8 Å². The van der Waals surface area contributed by atoms with Gasteiger partial charge < -0.3 is 9.84 Å². The molecule has 1 saturated heterocycles. The molecule has 22 heavy (non-hydrogen) atoms. The molecule has 0 spiro atoms. The van der Waals surface area contributed by atoms with Gasteiger partial charge in [-0.25, -0.2) is 0 Å². The van der Waals surface area contributed by atoms with Crippen LogP contribution in [0.25, 0.3) is 0 Å². The second-order valence-electron chi connectivity index (χ2n) is 5.44. The van der Waals surface area contributed by atoms with Gasteiger partial charge in [-0.15, -0.1) is 0 Å². The number of alkyl halides is 3. The number of carbonyl (C=O) groups is 1. The summed E-state index contributed by atoms with van der Waals surface area (Å²) in [5.41, 5.74) is -0.784. The van der Waals surface area contributed by atoms with Gasteiger partial charge in [0.05, 0.1) is 18.7 Å². The van der Waals surface area contributed by atoms with E-state index >= 15 is 0 Å². The molecule has 0 saturated carbocycles. The summed E-state index contributed by atoms with van der Waals surface area (Å²) in [6.45, 7) is 1.33.